The fraction of sp³-hybridized carbons (Fsp3) is 0.304. The molecule has 0 spiro atoms. The minimum absolute atomic E-state index is 0.00672. The van der Waals surface area contributed by atoms with Crippen molar-refractivity contribution >= 4 is 23.2 Å². The van der Waals surface area contributed by atoms with Gasteiger partial charge in [-0.2, -0.15) is 5.10 Å². The third-order valence-corrected chi connectivity index (χ3v) is 5.63. The molecule has 1 amide bonds. The lowest BCUT2D eigenvalue weighted by atomic mass is 10.1. The Hall–Kier alpha value is -2.79. The first-order chi connectivity index (χ1) is 13.9. The maximum atomic E-state index is 12.1. The molecule has 0 aliphatic heterocycles. The van der Waals surface area contributed by atoms with E-state index < -0.39 is 0 Å². The van der Waals surface area contributed by atoms with E-state index in [-0.39, 0.29) is 5.91 Å². The Labute approximate surface area is 176 Å². The van der Waals surface area contributed by atoms with E-state index in [1.807, 2.05) is 35.9 Å². The van der Waals surface area contributed by atoms with E-state index in [2.05, 4.69) is 47.8 Å². The Kier molecular flexibility index (Phi) is 5.33. The zero-order valence-corrected chi connectivity index (χ0v) is 17.7. The quantitative estimate of drug-likeness (QED) is 0.606. The van der Waals surface area contributed by atoms with Crippen molar-refractivity contribution in [1.29, 1.82) is 0 Å². The number of carbonyl (C=O) groups excluding carboxylic acids is 1. The second-order valence-corrected chi connectivity index (χ2v) is 8.09. The molecule has 6 heteroatoms. The molecule has 1 fully saturated rings. The van der Waals surface area contributed by atoms with Crippen LogP contribution in [-0.2, 0) is 6.54 Å². The van der Waals surface area contributed by atoms with Crippen molar-refractivity contribution in [2.45, 2.75) is 46.2 Å². The Morgan fingerprint density at radius 3 is 2.55 bits per heavy atom. The predicted molar refractivity (Wildman–Crippen MR) is 117 cm³/mol. The first-order valence-electron chi connectivity index (χ1n) is 9.89. The number of aryl methyl sites for hydroxylation is 3. The average Bonchev–Trinajstić information content (AvgIpc) is 3.47. The van der Waals surface area contributed by atoms with Crippen molar-refractivity contribution < 1.29 is 4.79 Å². The van der Waals surface area contributed by atoms with Gasteiger partial charge in [0.2, 0.25) is 0 Å². The third kappa shape index (κ3) is 4.30. The molecule has 0 radical (unpaired) electrons. The number of carbonyl (C=O) groups is 1. The van der Waals surface area contributed by atoms with Gasteiger partial charge in [0.25, 0.3) is 5.91 Å². The molecule has 0 saturated heterocycles. The van der Waals surface area contributed by atoms with Crippen molar-refractivity contribution in [3.8, 4) is 5.69 Å². The molecule has 1 saturated carbocycles. The topological polar surface area (TPSA) is 59.0 Å². The number of amides is 1. The fourth-order valence-corrected chi connectivity index (χ4v) is 3.60. The van der Waals surface area contributed by atoms with Crippen molar-refractivity contribution in [3.63, 3.8) is 0 Å². The molecule has 1 aliphatic carbocycles. The van der Waals surface area contributed by atoms with Gasteiger partial charge in [0, 0.05) is 29.4 Å². The number of nitrogens with zero attached hydrogens (tertiary/aromatic N) is 2. The van der Waals surface area contributed by atoms with Crippen molar-refractivity contribution in [2.24, 2.45) is 0 Å². The standard InChI is InChI=1S/C23H25ClN4O/c1-14-4-5-15(2)21(12-14)28-22(24)20(16(3)27-28)13-25-18-8-6-17(7-9-18)23(29)26-19-10-11-19/h4-9,12,19,25H,10-11,13H2,1-3H3,(H,26,29). The van der Waals surface area contributed by atoms with Crippen LogP contribution < -0.4 is 10.6 Å². The summed E-state index contributed by atoms with van der Waals surface area (Å²) in [5, 5.41) is 11.7. The Bertz CT molecular complexity index is 1050. The number of nitrogens with one attached hydrogen (secondary N) is 2. The summed E-state index contributed by atoms with van der Waals surface area (Å²) in [4.78, 5) is 12.1. The normalized spacial score (nSPS) is 13.4. The van der Waals surface area contributed by atoms with E-state index in [0.29, 0.717) is 23.3 Å². The minimum atomic E-state index is -0.00672. The Balaban J connectivity index is 1.48. The van der Waals surface area contributed by atoms with Crippen LogP contribution in [0, 0.1) is 20.8 Å². The molecule has 29 heavy (non-hydrogen) atoms. The van der Waals surface area contributed by atoms with Gasteiger partial charge in [-0.1, -0.05) is 23.7 Å². The van der Waals surface area contributed by atoms with Crippen LogP contribution in [0.3, 0.4) is 0 Å². The molecule has 2 aromatic carbocycles. The van der Waals surface area contributed by atoms with Crippen LogP contribution in [0.1, 0.15) is 45.6 Å². The lowest BCUT2D eigenvalue weighted by Gasteiger charge is -2.10. The second-order valence-electron chi connectivity index (χ2n) is 7.74. The molecule has 2 N–H and O–H groups in total. The first kappa shape index (κ1) is 19.5. The highest BCUT2D eigenvalue weighted by atomic mass is 35.5. The largest absolute Gasteiger partial charge is 0.381 e. The van der Waals surface area contributed by atoms with E-state index in [1.54, 1.807) is 0 Å². The second kappa shape index (κ2) is 7.91. The molecular formula is C23H25ClN4O. The summed E-state index contributed by atoms with van der Waals surface area (Å²) >= 11 is 6.68. The molecule has 0 atom stereocenters. The molecule has 1 heterocycles. The number of rotatable bonds is 6. The zero-order chi connectivity index (χ0) is 20.5. The van der Waals surface area contributed by atoms with Gasteiger partial charge in [0.15, 0.2) is 0 Å². The van der Waals surface area contributed by atoms with Gasteiger partial charge in [-0.05, 0) is 75.1 Å². The van der Waals surface area contributed by atoms with Crippen molar-refractivity contribution in [2.75, 3.05) is 5.32 Å². The maximum Gasteiger partial charge on any atom is 0.251 e. The molecular weight excluding hydrogens is 384 g/mol. The number of halogens is 1. The minimum Gasteiger partial charge on any atom is -0.381 e. The maximum absolute atomic E-state index is 12.1. The smallest absolute Gasteiger partial charge is 0.251 e. The van der Waals surface area contributed by atoms with E-state index in [9.17, 15) is 4.79 Å². The van der Waals surface area contributed by atoms with Crippen LogP contribution in [0.5, 0.6) is 0 Å². The van der Waals surface area contributed by atoms with Gasteiger partial charge in [-0.3, -0.25) is 4.79 Å². The third-order valence-electron chi connectivity index (χ3n) is 5.24. The van der Waals surface area contributed by atoms with Crippen LogP contribution >= 0.6 is 11.6 Å². The monoisotopic (exact) mass is 408 g/mol. The fourth-order valence-electron chi connectivity index (χ4n) is 3.27. The van der Waals surface area contributed by atoms with Crippen LogP contribution in [-0.4, -0.2) is 21.7 Å². The van der Waals surface area contributed by atoms with Crippen LogP contribution in [0.4, 0.5) is 5.69 Å². The summed E-state index contributed by atoms with van der Waals surface area (Å²) in [5.41, 5.74) is 6.75. The number of hydrogen-bond acceptors (Lipinski definition) is 3. The van der Waals surface area contributed by atoms with Crippen molar-refractivity contribution in [1.82, 2.24) is 15.1 Å². The lowest BCUT2D eigenvalue weighted by molar-refractivity contribution is 0.0951. The van der Waals surface area contributed by atoms with Crippen LogP contribution in [0.25, 0.3) is 5.69 Å². The number of anilines is 1. The van der Waals surface area contributed by atoms with Crippen molar-refractivity contribution in [3.05, 3.63) is 75.6 Å². The Morgan fingerprint density at radius 2 is 1.86 bits per heavy atom. The molecule has 1 aliphatic rings. The van der Waals surface area contributed by atoms with Gasteiger partial charge in [-0.15, -0.1) is 0 Å². The molecule has 150 valence electrons. The number of hydrogen-bond donors (Lipinski definition) is 2. The van der Waals surface area contributed by atoms with Gasteiger partial charge >= 0.3 is 0 Å². The number of benzene rings is 2. The van der Waals surface area contributed by atoms with E-state index in [1.165, 1.54) is 5.56 Å². The highest BCUT2D eigenvalue weighted by Gasteiger charge is 2.23. The number of aromatic nitrogens is 2. The molecule has 1 aromatic heterocycles. The van der Waals surface area contributed by atoms with Crippen LogP contribution in [0.2, 0.25) is 5.15 Å². The summed E-state index contributed by atoms with van der Waals surface area (Å²) in [6, 6.07) is 14.1. The summed E-state index contributed by atoms with van der Waals surface area (Å²) in [7, 11) is 0. The predicted octanol–water partition coefficient (Wildman–Crippen LogP) is 4.96. The van der Waals surface area contributed by atoms with E-state index >= 15 is 0 Å². The zero-order valence-electron chi connectivity index (χ0n) is 16.9. The highest BCUT2D eigenvalue weighted by Crippen LogP contribution is 2.27. The van der Waals surface area contributed by atoms with Gasteiger partial charge in [0.05, 0.1) is 11.4 Å². The molecule has 4 rings (SSSR count). The van der Waals surface area contributed by atoms with Gasteiger partial charge in [0.1, 0.15) is 5.15 Å². The highest BCUT2D eigenvalue weighted by molar-refractivity contribution is 6.30. The van der Waals surface area contributed by atoms with Crippen LogP contribution in [0.15, 0.2) is 42.5 Å². The first-order valence-corrected chi connectivity index (χ1v) is 10.3. The summed E-state index contributed by atoms with van der Waals surface area (Å²) in [5.74, 6) is -0.00672. The van der Waals surface area contributed by atoms with E-state index in [4.69, 9.17) is 11.6 Å². The molecule has 0 unspecified atom stereocenters. The summed E-state index contributed by atoms with van der Waals surface area (Å²) in [6.45, 7) is 6.64. The summed E-state index contributed by atoms with van der Waals surface area (Å²) < 4.78 is 1.81. The summed E-state index contributed by atoms with van der Waals surface area (Å²) in [6.07, 6.45) is 2.17. The average molecular weight is 409 g/mol. The lowest BCUT2D eigenvalue weighted by Crippen LogP contribution is -2.25. The van der Waals surface area contributed by atoms with E-state index in [0.717, 1.165) is 41.0 Å². The molecule has 3 aromatic rings. The molecule has 0 bridgehead atoms. The molecule has 5 nitrogen and oxygen atoms in total. The SMILES string of the molecule is Cc1ccc(C)c(-n2nc(C)c(CNc3ccc(C(=O)NC4CC4)cc3)c2Cl)c1. The van der Waals surface area contributed by atoms with Gasteiger partial charge in [-0.25, -0.2) is 4.68 Å². The van der Waals surface area contributed by atoms with Gasteiger partial charge < -0.3 is 10.6 Å². The Morgan fingerprint density at radius 1 is 1.14 bits per heavy atom.